The van der Waals surface area contributed by atoms with Gasteiger partial charge in [-0.3, -0.25) is 9.59 Å². The number of aliphatic carboxylic acids is 1. The maximum atomic E-state index is 11.5. The van der Waals surface area contributed by atoms with Gasteiger partial charge >= 0.3 is 5.97 Å². The van der Waals surface area contributed by atoms with Crippen LogP contribution < -0.4 is 5.32 Å². The molecular weight excluding hydrogens is 206 g/mol. The van der Waals surface area contributed by atoms with Crippen molar-refractivity contribution in [3.8, 4) is 0 Å². The van der Waals surface area contributed by atoms with E-state index in [0.717, 1.165) is 5.56 Å². The van der Waals surface area contributed by atoms with E-state index < -0.39 is 5.97 Å². The number of carbonyl (C=O) groups is 2. The Morgan fingerprint density at radius 3 is 2.50 bits per heavy atom. The van der Waals surface area contributed by atoms with Crippen molar-refractivity contribution in [2.75, 3.05) is 6.54 Å². The summed E-state index contributed by atoms with van der Waals surface area (Å²) in [5.41, 5.74) is 1.07. The molecule has 1 unspecified atom stereocenters. The number of benzene rings is 1. The van der Waals surface area contributed by atoms with Gasteiger partial charge in [0.05, 0.1) is 0 Å². The molecule has 86 valence electrons. The molecule has 0 bridgehead atoms. The van der Waals surface area contributed by atoms with E-state index in [-0.39, 0.29) is 18.4 Å². The molecule has 1 atom stereocenters. The van der Waals surface area contributed by atoms with Gasteiger partial charge in [0.25, 0.3) is 0 Å². The van der Waals surface area contributed by atoms with Gasteiger partial charge in [0.1, 0.15) is 6.54 Å². The smallest absolute Gasteiger partial charge is 0.322 e. The first-order valence-corrected chi connectivity index (χ1v) is 5.13. The fourth-order valence-corrected chi connectivity index (χ4v) is 1.40. The molecule has 0 radical (unpaired) electrons. The molecule has 0 heterocycles. The van der Waals surface area contributed by atoms with E-state index in [2.05, 4.69) is 5.32 Å². The van der Waals surface area contributed by atoms with Crippen molar-refractivity contribution in [2.45, 2.75) is 13.3 Å². The summed E-state index contributed by atoms with van der Waals surface area (Å²) in [5.74, 6) is -1.48. The molecule has 0 saturated carbocycles. The molecule has 1 amide bonds. The summed E-state index contributed by atoms with van der Waals surface area (Å²) in [6.07, 6.45) is 0.617. The highest BCUT2D eigenvalue weighted by atomic mass is 16.4. The Hall–Kier alpha value is -1.84. The van der Waals surface area contributed by atoms with E-state index in [1.165, 1.54) is 0 Å². The third kappa shape index (κ3) is 4.13. The topological polar surface area (TPSA) is 66.4 Å². The SMILES string of the molecule is CC(Cc1ccccc1)C(=O)NCC(=O)O. The van der Waals surface area contributed by atoms with Crippen molar-refractivity contribution in [3.63, 3.8) is 0 Å². The monoisotopic (exact) mass is 221 g/mol. The fraction of sp³-hybridized carbons (Fsp3) is 0.333. The van der Waals surface area contributed by atoms with E-state index in [1.807, 2.05) is 30.3 Å². The quantitative estimate of drug-likeness (QED) is 0.781. The summed E-state index contributed by atoms with van der Waals surface area (Å²) in [4.78, 5) is 21.7. The van der Waals surface area contributed by atoms with Crippen LogP contribution in [-0.2, 0) is 16.0 Å². The molecule has 0 aromatic heterocycles. The lowest BCUT2D eigenvalue weighted by Crippen LogP contribution is -2.34. The summed E-state index contributed by atoms with van der Waals surface area (Å²) in [5, 5.41) is 10.8. The van der Waals surface area contributed by atoms with Crippen LogP contribution in [-0.4, -0.2) is 23.5 Å². The lowest BCUT2D eigenvalue weighted by molar-refractivity contribution is -0.138. The van der Waals surface area contributed by atoms with E-state index in [4.69, 9.17) is 5.11 Å². The number of carboxylic acid groups (broad SMARTS) is 1. The highest BCUT2D eigenvalue weighted by molar-refractivity contribution is 5.82. The van der Waals surface area contributed by atoms with Crippen molar-refractivity contribution in [3.05, 3.63) is 35.9 Å². The lowest BCUT2D eigenvalue weighted by Gasteiger charge is -2.10. The number of carbonyl (C=O) groups excluding carboxylic acids is 1. The zero-order valence-electron chi connectivity index (χ0n) is 9.14. The standard InChI is InChI=1S/C12H15NO3/c1-9(12(16)13-8-11(14)15)7-10-5-3-2-4-6-10/h2-6,9H,7-8H2,1H3,(H,13,16)(H,14,15). The maximum absolute atomic E-state index is 11.5. The number of hydrogen-bond acceptors (Lipinski definition) is 2. The Labute approximate surface area is 94.3 Å². The average Bonchev–Trinajstić information content (AvgIpc) is 2.27. The summed E-state index contributed by atoms with van der Waals surface area (Å²) >= 11 is 0. The highest BCUT2D eigenvalue weighted by Crippen LogP contribution is 2.07. The second-order valence-electron chi connectivity index (χ2n) is 3.70. The van der Waals surface area contributed by atoms with Crippen molar-refractivity contribution in [1.82, 2.24) is 5.32 Å². The molecule has 0 aliphatic heterocycles. The first-order chi connectivity index (χ1) is 7.59. The Kier molecular flexibility index (Phi) is 4.51. The Morgan fingerprint density at radius 1 is 1.31 bits per heavy atom. The molecule has 2 N–H and O–H groups in total. The van der Waals surface area contributed by atoms with Gasteiger partial charge in [-0.2, -0.15) is 0 Å². The molecule has 4 heteroatoms. The average molecular weight is 221 g/mol. The van der Waals surface area contributed by atoms with E-state index in [0.29, 0.717) is 6.42 Å². The number of amides is 1. The third-order valence-corrected chi connectivity index (χ3v) is 2.25. The van der Waals surface area contributed by atoms with E-state index in [9.17, 15) is 9.59 Å². The Balaban J connectivity index is 2.43. The summed E-state index contributed by atoms with van der Waals surface area (Å²) < 4.78 is 0. The molecule has 1 aromatic carbocycles. The number of rotatable bonds is 5. The van der Waals surface area contributed by atoms with Crippen LogP contribution >= 0.6 is 0 Å². The zero-order valence-corrected chi connectivity index (χ0v) is 9.14. The predicted molar refractivity (Wildman–Crippen MR) is 60.0 cm³/mol. The molecule has 4 nitrogen and oxygen atoms in total. The minimum Gasteiger partial charge on any atom is -0.480 e. The van der Waals surface area contributed by atoms with Crippen LogP contribution in [0.1, 0.15) is 12.5 Å². The van der Waals surface area contributed by atoms with Gasteiger partial charge in [-0.25, -0.2) is 0 Å². The van der Waals surface area contributed by atoms with Gasteiger partial charge in [-0.05, 0) is 12.0 Å². The van der Waals surface area contributed by atoms with Gasteiger partial charge < -0.3 is 10.4 Å². The van der Waals surface area contributed by atoms with Crippen LogP contribution in [0.25, 0.3) is 0 Å². The summed E-state index contributed by atoms with van der Waals surface area (Å²) in [6.45, 7) is 1.46. The molecular formula is C12H15NO3. The van der Waals surface area contributed by atoms with Crippen LogP contribution in [0, 0.1) is 5.92 Å². The molecule has 0 aliphatic carbocycles. The zero-order chi connectivity index (χ0) is 12.0. The molecule has 0 fully saturated rings. The van der Waals surface area contributed by atoms with Gasteiger partial charge in [0.2, 0.25) is 5.91 Å². The number of hydrogen-bond donors (Lipinski definition) is 2. The number of nitrogens with one attached hydrogen (secondary N) is 1. The minimum absolute atomic E-state index is 0.221. The molecule has 0 aliphatic rings. The predicted octanol–water partition coefficient (Wildman–Crippen LogP) is 1.07. The van der Waals surface area contributed by atoms with Crippen LogP contribution in [0.2, 0.25) is 0 Å². The van der Waals surface area contributed by atoms with Gasteiger partial charge in [-0.15, -0.1) is 0 Å². The lowest BCUT2D eigenvalue weighted by atomic mass is 10.0. The van der Waals surface area contributed by atoms with Crippen molar-refractivity contribution in [2.24, 2.45) is 5.92 Å². The first-order valence-electron chi connectivity index (χ1n) is 5.13. The molecule has 0 saturated heterocycles. The normalized spacial score (nSPS) is 11.8. The van der Waals surface area contributed by atoms with Crippen LogP contribution in [0.3, 0.4) is 0 Å². The first kappa shape index (κ1) is 12.2. The summed E-state index contributed by atoms with van der Waals surface area (Å²) in [6, 6.07) is 9.63. The molecule has 1 aromatic rings. The molecule has 0 spiro atoms. The second-order valence-corrected chi connectivity index (χ2v) is 3.70. The van der Waals surface area contributed by atoms with E-state index in [1.54, 1.807) is 6.92 Å². The summed E-state index contributed by atoms with van der Waals surface area (Å²) in [7, 11) is 0. The number of carboxylic acids is 1. The highest BCUT2D eigenvalue weighted by Gasteiger charge is 2.13. The van der Waals surface area contributed by atoms with Crippen molar-refractivity contribution >= 4 is 11.9 Å². The van der Waals surface area contributed by atoms with Gasteiger partial charge in [0, 0.05) is 5.92 Å². The molecule has 1 rings (SSSR count). The van der Waals surface area contributed by atoms with Crippen LogP contribution in [0.4, 0.5) is 0 Å². The second kappa shape index (κ2) is 5.90. The van der Waals surface area contributed by atoms with Crippen LogP contribution in [0.5, 0.6) is 0 Å². The molecule has 16 heavy (non-hydrogen) atoms. The Bertz CT molecular complexity index is 362. The van der Waals surface area contributed by atoms with Crippen LogP contribution in [0.15, 0.2) is 30.3 Å². The fourth-order valence-electron chi connectivity index (χ4n) is 1.40. The van der Waals surface area contributed by atoms with Gasteiger partial charge in [-0.1, -0.05) is 37.3 Å². The van der Waals surface area contributed by atoms with Crippen molar-refractivity contribution in [1.29, 1.82) is 0 Å². The minimum atomic E-state index is -1.03. The van der Waals surface area contributed by atoms with E-state index >= 15 is 0 Å². The van der Waals surface area contributed by atoms with Gasteiger partial charge in [0.15, 0.2) is 0 Å². The Morgan fingerprint density at radius 2 is 1.94 bits per heavy atom. The maximum Gasteiger partial charge on any atom is 0.322 e. The largest absolute Gasteiger partial charge is 0.480 e. The third-order valence-electron chi connectivity index (χ3n) is 2.25. The van der Waals surface area contributed by atoms with Crippen molar-refractivity contribution < 1.29 is 14.7 Å².